The predicted molar refractivity (Wildman–Crippen MR) is 100 cm³/mol. The van der Waals surface area contributed by atoms with E-state index in [0.717, 1.165) is 5.56 Å². The first kappa shape index (κ1) is 19.0. The first-order valence-corrected chi connectivity index (χ1v) is 14.9. The van der Waals surface area contributed by atoms with E-state index in [2.05, 4.69) is 47.3 Å². The molecule has 0 bridgehead atoms. The summed E-state index contributed by atoms with van der Waals surface area (Å²) in [5, 5.41) is 9.21. The minimum atomic E-state index is -1.50. The van der Waals surface area contributed by atoms with Crippen molar-refractivity contribution in [2.45, 2.75) is 45.9 Å². The van der Waals surface area contributed by atoms with Crippen LogP contribution in [-0.4, -0.2) is 26.0 Å². The summed E-state index contributed by atoms with van der Waals surface area (Å²) in [5.74, 6) is 0.135. The quantitative estimate of drug-likeness (QED) is 0.324. The zero-order valence-electron chi connectivity index (χ0n) is 14.3. The highest BCUT2D eigenvalue weighted by molar-refractivity contribution is 7.98. The Morgan fingerprint density at radius 2 is 1.68 bits per heavy atom. The molecule has 0 atom stereocenters. The molecule has 0 amide bonds. The predicted octanol–water partition coefficient (Wildman–Crippen LogP) is 4.66. The summed E-state index contributed by atoms with van der Waals surface area (Å²) in [6.07, 6.45) is 0. The fourth-order valence-electron chi connectivity index (χ4n) is 2.13. The average molecular weight is 352 g/mol. The summed E-state index contributed by atoms with van der Waals surface area (Å²) >= 11 is 1.40. The molecule has 120 valence electrons. The second kappa shape index (κ2) is 7.97. The van der Waals surface area contributed by atoms with Gasteiger partial charge in [0.05, 0.1) is 12.1 Å². The summed E-state index contributed by atoms with van der Waals surface area (Å²) in [5.41, 5.74) is 1.03. The van der Waals surface area contributed by atoms with Gasteiger partial charge < -0.3 is 4.74 Å². The van der Waals surface area contributed by atoms with Crippen LogP contribution in [0.3, 0.4) is 0 Å². The van der Waals surface area contributed by atoms with E-state index in [0.29, 0.717) is 6.61 Å². The van der Waals surface area contributed by atoms with Gasteiger partial charge in [-0.3, -0.25) is 3.64 Å². The fourth-order valence-corrected chi connectivity index (χ4v) is 12.6. The molecule has 22 heavy (non-hydrogen) atoms. The number of nitrogens with zero attached hydrogens (tertiary/aromatic N) is 3. The maximum Gasteiger partial charge on any atom is 0.303 e. The van der Waals surface area contributed by atoms with Crippen molar-refractivity contribution in [1.82, 2.24) is 3.64 Å². The molecule has 1 aromatic carbocycles. The van der Waals surface area contributed by atoms with Crippen LogP contribution >= 0.6 is 12.1 Å². The zero-order valence-corrected chi connectivity index (χ0v) is 17.1. The molecule has 0 aromatic heterocycles. The maximum atomic E-state index is 9.21. The highest BCUT2D eigenvalue weighted by Gasteiger charge is 2.35. The first-order chi connectivity index (χ1) is 10.1. The van der Waals surface area contributed by atoms with E-state index in [-0.39, 0.29) is 5.90 Å². The standard InChI is InChI=1S/C15H25N3OSSi2/c1-21(2,3)18(22(4,5)6)20-17-15(12-16)19-13-14-10-8-7-9-11-14/h7-11H,13H2,1-6H3/b17-15+. The second-order valence-corrected chi connectivity index (χ2v) is 18.4. The van der Waals surface area contributed by atoms with Gasteiger partial charge in [-0.2, -0.15) is 9.66 Å². The summed E-state index contributed by atoms with van der Waals surface area (Å²) in [6, 6.07) is 11.8. The van der Waals surface area contributed by atoms with Crippen molar-refractivity contribution >= 4 is 34.5 Å². The van der Waals surface area contributed by atoms with Gasteiger partial charge in [0, 0.05) is 0 Å². The number of rotatable bonds is 6. The zero-order chi connectivity index (χ0) is 16.8. The maximum absolute atomic E-state index is 9.21. The number of hydrogen-bond acceptors (Lipinski definition) is 5. The molecule has 0 spiro atoms. The lowest BCUT2D eigenvalue weighted by Crippen LogP contribution is -2.54. The lowest BCUT2D eigenvalue weighted by atomic mass is 10.2. The molecule has 0 aliphatic rings. The van der Waals surface area contributed by atoms with Crippen molar-refractivity contribution in [3.05, 3.63) is 35.9 Å². The number of benzene rings is 1. The van der Waals surface area contributed by atoms with Gasteiger partial charge in [0.15, 0.2) is 6.07 Å². The molecule has 0 aliphatic carbocycles. The first-order valence-electron chi connectivity index (χ1n) is 7.27. The smallest absolute Gasteiger partial charge is 0.303 e. The minimum absolute atomic E-state index is 0.135. The highest BCUT2D eigenvalue weighted by atomic mass is 32.2. The Morgan fingerprint density at radius 1 is 1.14 bits per heavy atom. The van der Waals surface area contributed by atoms with Gasteiger partial charge in [-0.05, 0) is 5.56 Å². The summed E-state index contributed by atoms with van der Waals surface area (Å²) < 4.78 is 12.3. The molecule has 1 aromatic rings. The van der Waals surface area contributed by atoms with Gasteiger partial charge in [0.2, 0.25) is 0 Å². The second-order valence-electron chi connectivity index (χ2n) is 7.00. The molecule has 1 rings (SSSR count). The van der Waals surface area contributed by atoms with Crippen molar-refractivity contribution < 1.29 is 4.74 Å². The third kappa shape index (κ3) is 6.36. The SMILES string of the molecule is C[Si](C)(C)N(S/N=C(\C#N)OCc1ccccc1)[Si](C)(C)C. The van der Waals surface area contributed by atoms with E-state index in [1.807, 2.05) is 36.4 Å². The van der Waals surface area contributed by atoms with Crippen LogP contribution in [0.5, 0.6) is 0 Å². The van der Waals surface area contributed by atoms with Crippen molar-refractivity contribution in [1.29, 1.82) is 5.26 Å². The minimum Gasteiger partial charge on any atom is -0.465 e. The van der Waals surface area contributed by atoms with E-state index >= 15 is 0 Å². The van der Waals surface area contributed by atoms with Gasteiger partial charge >= 0.3 is 5.90 Å². The van der Waals surface area contributed by atoms with Crippen LogP contribution in [0.2, 0.25) is 39.3 Å². The van der Waals surface area contributed by atoms with E-state index in [1.54, 1.807) is 0 Å². The molecule has 0 saturated carbocycles. The lowest BCUT2D eigenvalue weighted by molar-refractivity contribution is 0.297. The molecule has 7 heteroatoms. The molecule has 0 saturated heterocycles. The van der Waals surface area contributed by atoms with Gasteiger partial charge in [-0.15, -0.1) is 0 Å². The van der Waals surface area contributed by atoms with Crippen LogP contribution in [0, 0.1) is 11.3 Å². The monoisotopic (exact) mass is 351 g/mol. The Bertz CT molecular complexity index is 531. The van der Waals surface area contributed by atoms with Crippen molar-refractivity contribution in [3.63, 3.8) is 0 Å². The highest BCUT2D eigenvalue weighted by Crippen LogP contribution is 2.29. The molecule has 0 radical (unpaired) electrons. The Hall–Kier alpha value is -1.08. The van der Waals surface area contributed by atoms with Gasteiger partial charge in [0.25, 0.3) is 0 Å². The van der Waals surface area contributed by atoms with E-state index < -0.39 is 16.5 Å². The molecular formula is C15H25N3OSSi2. The number of hydrogen-bond donors (Lipinski definition) is 0. The van der Waals surface area contributed by atoms with Gasteiger partial charge in [-0.25, -0.2) is 0 Å². The Balaban J connectivity index is 2.73. The van der Waals surface area contributed by atoms with E-state index in [4.69, 9.17) is 4.74 Å². The van der Waals surface area contributed by atoms with Crippen LogP contribution < -0.4 is 0 Å². The summed E-state index contributed by atoms with van der Waals surface area (Å²) in [4.78, 5) is 0. The number of nitriles is 1. The van der Waals surface area contributed by atoms with Crippen LogP contribution in [0.15, 0.2) is 34.7 Å². The van der Waals surface area contributed by atoms with E-state index in [9.17, 15) is 5.26 Å². The normalized spacial score (nSPS) is 13.1. The van der Waals surface area contributed by atoms with Gasteiger partial charge in [-0.1, -0.05) is 69.6 Å². The van der Waals surface area contributed by atoms with Crippen LogP contribution in [0.1, 0.15) is 5.56 Å². The Morgan fingerprint density at radius 3 is 2.14 bits per heavy atom. The molecule has 0 fully saturated rings. The Kier molecular flexibility index (Phi) is 6.87. The average Bonchev–Trinajstić information content (AvgIpc) is 2.40. The molecular weight excluding hydrogens is 326 g/mol. The largest absolute Gasteiger partial charge is 0.465 e. The van der Waals surface area contributed by atoms with Crippen LogP contribution in [-0.2, 0) is 11.3 Å². The van der Waals surface area contributed by atoms with Crippen LogP contribution in [0.4, 0.5) is 0 Å². The summed E-state index contributed by atoms with van der Waals surface area (Å²) in [7, 11) is -3.01. The number of ether oxygens (including phenoxy) is 1. The molecule has 0 N–H and O–H groups in total. The van der Waals surface area contributed by atoms with Crippen molar-refractivity contribution in [3.8, 4) is 6.07 Å². The Labute approximate surface area is 140 Å². The van der Waals surface area contributed by atoms with Crippen molar-refractivity contribution in [2.75, 3.05) is 0 Å². The third-order valence-electron chi connectivity index (χ3n) is 2.74. The fraction of sp³-hybridized carbons (Fsp3) is 0.467. The third-order valence-corrected chi connectivity index (χ3v) is 13.4. The molecule has 0 heterocycles. The van der Waals surface area contributed by atoms with Crippen molar-refractivity contribution in [2.24, 2.45) is 4.40 Å². The molecule has 4 nitrogen and oxygen atoms in total. The summed E-state index contributed by atoms with van der Waals surface area (Å²) in [6.45, 7) is 14.1. The van der Waals surface area contributed by atoms with E-state index in [1.165, 1.54) is 12.1 Å². The molecule has 0 aliphatic heterocycles. The lowest BCUT2D eigenvalue weighted by Gasteiger charge is -2.40. The topological polar surface area (TPSA) is 48.6 Å². The van der Waals surface area contributed by atoms with Gasteiger partial charge in [0.1, 0.15) is 23.1 Å². The van der Waals surface area contributed by atoms with Crippen LogP contribution in [0.25, 0.3) is 0 Å². The molecule has 0 unspecified atom stereocenters.